The van der Waals surface area contributed by atoms with E-state index in [2.05, 4.69) is 5.32 Å². The molecule has 4 unspecified atom stereocenters. The number of fused-ring (bicyclic) bond motifs is 2. The molecule has 0 aromatic carbocycles. The molecule has 0 aromatic heterocycles. The zero-order valence-electron chi connectivity index (χ0n) is 9.65. The molecular weight excluding hydrogens is 228 g/mol. The van der Waals surface area contributed by atoms with Crippen molar-refractivity contribution in [1.29, 1.82) is 0 Å². The Bertz CT molecular complexity index is 248. The van der Waals surface area contributed by atoms with Crippen LogP contribution in [0, 0.1) is 17.8 Å². The van der Waals surface area contributed by atoms with E-state index in [4.69, 9.17) is 10.5 Å². The molecule has 0 aromatic rings. The molecule has 0 saturated heterocycles. The Morgan fingerprint density at radius 1 is 1.44 bits per heavy atom. The van der Waals surface area contributed by atoms with Gasteiger partial charge >= 0.3 is 0 Å². The Kier molecular flexibility index (Phi) is 5.02. The zero-order valence-corrected chi connectivity index (χ0v) is 10.5. The topological polar surface area (TPSA) is 64.3 Å². The summed E-state index contributed by atoms with van der Waals surface area (Å²) in [6, 6.07) is 0.0892. The number of hydrogen-bond acceptors (Lipinski definition) is 3. The molecule has 3 N–H and O–H groups in total. The number of methoxy groups -OCH3 is 1. The van der Waals surface area contributed by atoms with Crippen molar-refractivity contribution in [1.82, 2.24) is 5.32 Å². The van der Waals surface area contributed by atoms with Gasteiger partial charge in [-0.1, -0.05) is 0 Å². The lowest BCUT2D eigenvalue weighted by Crippen LogP contribution is -2.45. The van der Waals surface area contributed by atoms with Gasteiger partial charge in [-0.05, 0) is 31.1 Å². The number of carbonyl (C=O) groups is 1. The highest BCUT2D eigenvalue weighted by molar-refractivity contribution is 5.85. The molecule has 2 bridgehead atoms. The van der Waals surface area contributed by atoms with Gasteiger partial charge in [-0.25, -0.2) is 0 Å². The summed E-state index contributed by atoms with van der Waals surface area (Å²) in [6.45, 7) is 1.16. The van der Waals surface area contributed by atoms with E-state index < -0.39 is 0 Å². The fraction of sp³-hybridized carbons (Fsp3) is 0.909. The van der Waals surface area contributed by atoms with Crippen molar-refractivity contribution in [2.75, 3.05) is 20.3 Å². The van der Waals surface area contributed by atoms with E-state index in [1.807, 2.05) is 0 Å². The minimum absolute atomic E-state index is 0. The highest BCUT2D eigenvalue weighted by atomic mass is 35.5. The van der Waals surface area contributed by atoms with Crippen LogP contribution in [-0.2, 0) is 9.53 Å². The first-order valence-corrected chi connectivity index (χ1v) is 5.76. The first-order chi connectivity index (χ1) is 7.24. The van der Waals surface area contributed by atoms with Crippen molar-refractivity contribution in [3.8, 4) is 0 Å². The van der Waals surface area contributed by atoms with Gasteiger partial charge in [-0.15, -0.1) is 12.4 Å². The number of nitrogens with one attached hydrogen (secondary N) is 1. The van der Waals surface area contributed by atoms with Gasteiger partial charge in [0.2, 0.25) is 5.91 Å². The predicted octanol–water partition coefficient (Wildman–Crippen LogP) is 0.544. The van der Waals surface area contributed by atoms with Gasteiger partial charge in [-0.3, -0.25) is 4.79 Å². The van der Waals surface area contributed by atoms with Crippen LogP contribution in [0.3, 0.4) is 0 Å². The summed E-state index contributed by atoms with van der Waals surface area (Å²) >= 11 is 0. The summed E-state index contributed by atoms with van der Waals surface area (Å²) in [5, 5.41) is 2.90. The van der Waals surface area contributed by atoms with Crippen molar-refractivity contribution < 1.29 is 9.53 Å². The van der Waals surface area contributed by atoms with Crippen molar-refractivity contribution in [2.24, 2.45) is 23.5 Å². The summed E-state index contributed by atoms with van der Waals surface area (Å²) in [5.41, 5.74) is 6.08. The van der Waals surface area contributed by atoms with Gasteiger partial charge in [0, 0.05) is 19.7 Å². The normalized spacial score (nSPS) is 35.9. The maximum absolute atomic E-state index is 11.9. The molecule has 0 heterocycles. The summed E-state index contributed by atoms with van der Waals surface area (Å²) in [5.74, 6) is 1.31. The highest BCUT2D eigenvalue weighted by Gasteiger charge is 2.48. The molecule has 2 rings (SSSR count). The van der Waals surface area contributed by atoms with Crippen molar-refractivity contribution in [3.05, 3.63) is 0 Å². The molecule has 2 aliphatic rings. The summed E-state index contributed by atoms with van der Waals surface area (Å²) in [4.78, 5) is 11.9. The van der Waals surface area contributed by atoms with E-state index in [-0.39, 0.29) is 30.3 Å². The first kappa shape index (κ1) is 13.7. The van der Waals surface area contributed by atoms with Gasteiger partial charge < -0.3 is 15.8 Å². The molecule has 1 amide bonds. The van der Waals surface area contributed by atoms with Gasteiger partial charge in [-0.2, -0.15) is 0 Å². The fourth-order valence-corrected chi connectivity index (χ4v) is 3.12. The average Bonchev–Trinajstić information content (AvgIpc) is 2.78. The Morgan fingerprint density at radius 2 is 2.12 bits per heavy atom. The number of amides is 1. The largest absolute Gasteiger partial charge is 0.383 e. The van der Waals surface area contributed by atoms with Gasteiger partial charge in [0.15, 0.2) is 0 Å². The fourth-order valence-electron chi connectivity index (χ4n) is 3.12. The molecule has 0 radical (unpaired) electrons. The van der Waals surface area contributed by atoms with Crippen LogP contribution >= 0.6 is 12.4 Å². The Hall–Kier alpha value is -0.320. The molecule has 4 atom stereocenters. The second-order valence-corrected chi connectivity index (χ2v) is 4.72. The number of hydrogen-bond donors (Lipinski definition) is 2. The Balaban J connectivity index is 0.00000128. The number of rotatable bonds is 4. The number of nitrogens with two attached hydrogens (primary N) is 1. The standard InChI is InChI=1S/C11H20N2O2.ClH/c1-15-5-4-13-11(14)9-7-2-3-8(6-7)10(9)12;/h7-10H,2-6,12H2,1H3,(H,13,14);1H. The molecule has 2 aliphatic carbocycles. The SMILES string of the molecule is COCCNC(=O)C1C2CCC(C2)C1N.Cl. The van der Waals surface area contributed by atoms with Crippen LogP contribution in [0.5, 0.6) is 0 Å². The Morgan fingerprint density at radius 3 is 2.69 bits per heavy atom. The number of ether oxygens (including phenoxy) is 1. The van der Waals surface area contributed by atoms with E-state index >= 15 is 0 Å². The van der Waals surface area contributed by atoms with Crippen LogP contribution in [0.1, 0.15) is 19.3 Å². The molecule has 2 saturated carbocycles. The molecule has 5 heteroatoms. The highest BCUT2D eigenvalue weighted by Crippen LogP contribution is 2.47. The third-order valence-electron chi connectivity index (χ3n) is 3.89. The van der Waals surface area contributed by atoms with Crippen LogP contribution in [0.15, 0.2) is 0 Å². The minimum Gasteiger partial charge on any atom is -0.383 e. The average molecular weight is 249 g/mol. The third kappa shape index (κ3) is 2.50. The van der Waals surface area contributed by atoms with Crippen molar-refractivity contribution >= 4 is 18.3 Å². The maximum Gasteiger partial charge on any atom is 0.225 e. The van der Waals surface area contributed by atoms with Crippen LogP contribution in [0.2, 0.25) is 0 Å². The molecule has 4 nitrogen and oxygen atoms in total. The van der Waals surface area contributed by atoms with Crippen LogP contribution in [0.25, 0.3) is 0 Å². The van der Waals surface area contributed by atoms with E-state index in [1.165, 1.54) is 12.8 Å². The molecule has 2 fully saturated rings. The molecule has 94 valence electrons. The molecule has 16 heavy (non-hydrogen) atoms. The molecule has 0 spiro atoms. The quantitative estimate of drug-likeness (QED) is 0.714. The maximum atomic E-state index is 11.9. The van der Waals surface area contributed by atoms with Gasteiger partial charge in [0.05, 0.1) is 12.5 Å². The zero-order chi connectivity index (χ0) is 10.8. The first-order valence-electron chi connectivity index (χ1n) is 5.76. The third-order valence-corrected chi connectivity index (χ3v) is 3.89. The summed E-state index contributed by atoms with van der Waals surface area (Å²) in [6.07, 6.45) is 3.55. The molecular formula is C11H21ClN2O2. The smallest absolute Gasteiger partial charge is 0.225 e. The van der Waals surface area contributed by atoms with Crippen LogP contribution in [0.4, 0.5) is 0 Å². The van der Waals surface area contributed by atoms with Crippen molar-refractivity contribution in [2.45, 2.75) is 25.3 Å². The lowest BCUT2D eigenvalue weighted by Gasteiger charge is -2.26. The lowest BCUT2D eigenvalue weighted by molar-refractivity contribution is -0.127. The molecule has 0 aliphatic heterocycles. The number of carbonyl (C=O) groups excluding carboxylic acids is 1. The summed E-state index contributed by atoms with van der Waals surface area (Å²) < 4.78 is 4.90. The second-order valence-electron chi connectivity index (χ2n) is 4.72. The predicted molar refractivity (Wildman–Crippen MR) is 64.4 cm³/mol. The second kappa shape index (κ2) is 5.84. The Labute approximate surface area is 103 Å². The monoisotopic (exact) mass is 248 g/mol. The lowest BCUT2D eigenvalue weighted by atomic mass is 9.84. The van der Waals surface area contributed by atoms with E-state index in [0.29, 0.717) is 25.0 Å². The van der Waals surface area contributed by atoms with Crippen LogP contribution in [-0.4, -0.2) is 32.2 Å². The minimum atomic E-state index is 0. The van der Waals surface area contributed by atoms with Crippen LogP contribution < -0.4 is 11.1 Å². The number of halogens is 1. The van der Waals surface area contributed by atoms with Crippen molar-refractivity contribution in [3.63, 3.8) is 0 Å². The van der Waals surface area contributed by atoms with E-state index in [9.17, 15) is 4.79 Å². The van der Waals surface area contributed by atoms with E-state index in [1.54, 1.807) is 7.11 Å². The van der Waals surface area contributed by atoms with E-state index in [0.717, 1.165) is 6.42 Å². The van der Waals surface area contributed by atoms with Gasteiger partial charge in [0.1, 0.15) is 0 Å². The van der Waals surface area contributed by atoms with Gasteiger partial charge in [0.25, 0.3) is 0 Å². The summed E-state index contributed by atoms with van der Waals surface area (Å²) in [7, 11) is 1.63.